The van der Waals surface area contributed by atoms with E-state index in [1.54, 1.807) is 18.2 Å². The Bertz CT molecular complexity index is 1080. The molecule has 6 heteroatoms. The van der Waals surface area contributed by atoms with Crippen molar-refractivity contribution in [3.05, 3.63) is 77.6 Å². The lowest BCUT2D eigenvalue weighted by Crippen LogP contribution is -2.46. The van der Waals surface area contributed by atoms with Gasteiger partial charge in [0.05, 0.1) is 6.04 Å². The van der Waals surface area contributed by atoms with Crippen LogP contribution in [0.2, 0.25) is 0 Å². The van der Waals surface area contributed by atoms with E-state index >= 15 is 0 Å². The van der Waals surface area contributed by atoms with Gasteiger partial charge in [0.15, 0.2) is 6.10 Å². The topological polar surface area (TPSA) is 49.9 Å². The van der Waals surface area contributed by atoms with E-state index in [0.29, 0.717) is 31.7 Å². The van der Waals surface area contributed by atoms with Gasteiger partial charge in [0.2, 0.25) is 5.91 Å². The summed E-state index contributed by atoms with van der Waals surface area (Å²) in [5.41, 5.74) is 2.96. The van der Waals surface area contributed by atoms with Crippen molar-refractivity contribution < 1.29 is 18.7 Å². The molecule has 5 nitrogen and oxygen atoms in total. The van der Waals surface area contributed by atoms with E-state index in [0.717, 1.165) is 48.8 Å². The highest BCUT2D eigenvalue weighted by Crippen LogP contribution is 2.38. The fourth-order valence-corrected chi connectivity index (χ4v) is 5.57. The number of hydrogen-bond donors (Lipinski definition) is 0. The fraction of sp³-hybridized carbons (Fsp3) is 0.467. The highest BCUT2D eigenvalue weighted by atomic mass is 19.1. The summed E-state index contributed by atoms with van der Waals surface area (Å²) in [6.45, 7) is 8.80. The average molecular weight is 493 g/mol. The van der Waals surface area contributed by atoms with Crippen LogP contribution < -0.4 is 4.74 Å². The second-order valence-electron chi connectivity index (χ2n) is 9.74. The molecule has 36 heavy (non-hydrogen) atoms. The minimum atomic E-state index is -0.593. The standard InChI is InChI=1S/C30H37FN2O3/c1-4-18-32(24-9-7-8-10-24)30(35)27(5-2)36-25-16-13-21-17-19-33(28(34)6-3)29(26(21)20-25)22-11-14-23(31)15-12-22/h4,11-16,20,24,27,29H,1,5-10,17-19H2,2-3H3/t27-,29-/m1/s1. The number of carbonyl (C=O) groups excluding carboxylic acids is 2. The first kappa shape index (κ1) is 25.9. The van der Waals surface area contributed by atoms with Crippen LogP contribution in [-0.2, 0) is 16.0 Å². The van der Waals surface area contributed by atoms with Crippen molar-refractivity contribution in [2.75, 3.05) is 13.1 Å². The van der Waals surface area contributed by atoms with Crippen LogP contribution in [0, 0.1) is 5.82 Å². The van der Waals surface area contributed by atoms with Gasteiger partial charge in [-0.3, -0.25) is 9.59 Å². The second-order valence-corrected chi connectivity index (χ2v) is 9.74. The maximum Gasteiger partial charge on any atom is 0.264 e. The first-order valence-corrected chi connectivity index (χ1v) is 13.2. The van der Waals surface area contributed by atoms with Crippen molar-refractivity contribution >= 4 is 11.8 Å². The number of hydrogen-bond acceptors (Lipinski definition) is 3. The van der Waals surface area contributed by atoms with Crippen LogP contribution in [0.25, 0.3) is 0 Å². The van der Waals surface area contributed by atoms with E-state index in [-0.39, 0.29) is 29.7 Å². The molecule has 0 spiro atoms. The number of ether oxygens (including phenoxy) is 1. The molecule has 0 bridgehead atoms. The molecule has 1 heterocycles. The Morgan fingerprint density at radius 3 is 2.53 bits per heavy atom. The van der Waals surface area contributed by atoms with E-state index in [1.807, 2.05) is 41.8 Å². The third-order valence-corrected chi connectivity index (χ3v) is 7.45. The Labute approximate surface area is 213 Å². The highest BCUT2D eigenvalue weighted by molar-refractivity contribution is 5.82. The monoisotopic (exact) mass is 492 g/mol. The molecule has 1 saturated carbocycles. The molecule has 192 valence electrons. The number of rotatable bonds is 9. The largest absolute Gasteiger partial charge is 0.481 e. The number of fused-ring (bicyclic) bond motifs is 1. The van der Waals surface area contributed by atoms with Gasteiger partial charge in [0.1, 0.15) is 11.6 Å². The molecule has 2 amide bonds. The summed E-state index contributed by atoms with van der Waals surface area (Å²) in [6, 6.07) is 12.2. The normalized spacial score (nSPS) is 18.4. The van der Waals surface area contributed by atoms with Crippen LogP contribution in [0.3, 0.4) is 0 Å². The van der Waals surface area contributed by atoms with E-state index in [1.165, 1.54) is 12.1 Å². The molecular formula is C30H37FN2O3. The van der Waals surface area contributed by atoms with E-state index in [2.05, 4.69) is 6.58 Å². The van der Waals surface area contributed by atoms with Gasteiger partial charge >= 0.3 is 0 Å². The maximum atomic E-state index is 13.7. The van der Waals surface area contributed by atoms with Crippen molar-refractivity contribution in [3.63, 3.8) is 0 Å². The number of nitrogens with zero attached hydrogens (tertiary/aromatic N) is 2. The Morgan fingerprint density at radius 1 is 1.17 bits per heavy atom. The van der Waals surface area contributed by atoms with Gasteiger partial charge in [0, 0.05) is 25.6 Å². The molecule has 2 atom stereocenters. The summed E-state index contributed by atoms with van der Waals surface area (Å²) in [7, 11) is 0. The predicted molar refractivity (Wildman–Crippen MR) is 139 cm³/mol. The lowest BCUT2D eigenvalue weighted by molar-refractivity contribution is -0.140. The summed E-state index contributed by atoms with van der Waals surface area (Å²) in [6.07, 6.45) is 7.22. The molecule has 1 aliphatic carbocycles. The molecule has 2 aliphatic rings. The number of amides is 2. The summed E-state index contributed by atoms with van der Waals surface area (Å²) in [4.78, 5) is 30.2. The number of carbonyl (C=O) groups is 2. The predicted octanol–water partition coefficient (Wildman–Crippen LogP) is 5.82. The lowest BCUT2D eigenvalue weighted by atomic mass is 9.87. The Hall–Kier alpha value is -3.15. The summed E-state index contributed by atoms with van der Waals surface area (Å²) in [5, 5.41) is 0. The van der Waals surface area contributed by atoms with E-state index < -0.39 is 6.10 Å². The maximum absolute atomic E-state index is 13.7. The number of benzene rings is 2. The van der Waals surface area contributed by atoms with E-state index in [9.17, 15) is 14.0 Å². The molecule has 0 aromatic heterocycles. The highest BCUT2D eigenvalue weighted by Gasteiger charge is 2.34. The van der Waals surface area contributed by atoms with Gasteiger partial charge in [-0.25, -0.2) is 4.39 Å². The van der Waals surface area contributed by atoms with Gasteiger partial charge in [0.25, 0.3) is 5.91 Å². The van der Waals surface area contributed by atoms with Crippen LogP contribution in [0.5, 0.6) is 5.75 Å². The van der Waals surface area contributed by atoms with Gasteiger partial charge < -0.3 is 14.5 Å². The average Bonchev–Trinajstić information content (AvgIpc) is 3.44. The Balaban J connectivity index is 1.64. The third kappa shape index (κ3) is 5.48. The van der Waals surface area contributed by atoms with Gasteiger partial charge in [-0.05, 0) is 66.6 Å². The molecule has 1 fully saturated rings. The third-order valence-electron chi connectivity index (χ3n) is 7.45. The Kier molecular flexibility index (Phi) is 8.44. The van der Waals surface area contributed by atoms with Crippen molar-refractivity contribution in [3.8, 4) is 5.75 Å². The van der Waals surface area contributed by atoms with Crippen molar-refractivity contribution in [1.82, 2.24) is 9.80 Å². The quantitative estimate of drug-likeness (QED) is 0.414. The Morgan fingerprint density at radius 2 is 1.89 bits per heavy atom. The minimum absolute atomic E-state index is 0.0000995. The smallest absolute Gasteiger partial charge is 0.264 e. The van der Waals surface area contributed by atoms with Crippen molar-refractivity contribution in [2.45, 2.75) is 77.0 Å². The van der Waals surface area contributed by atoms with Crippen LogP contribution >= 0.6 is 0 Å². The summed E-state index contributed by atoms with van der Waals surface area (Å²) >= 11 is 0. The zero-order valence-electron chi connectivity index (χ0n) is 21.4. The second kappa shape index (κ2) is 11.7. The van der Waals surface area contributed by atoms with Crippen LogP contribution in [-0.4, -0.2) is 46.8 Å². The molecule has 0 saturated heterocycles. The van der Waals surface area contributed by atoms with Gasteiger partial charge in [-0.15, -0.1) is 6.58 Å². The molecule has 4 rings (SSSR count). The zero-order valence-corrected chi connectivity index (χ0v) is 21.4. The molecule has 0 unspecified atom stereocenters. The first-order chi connectivity index (χ1) is 17.5. The minimum Gasteiger partial charge on any atom is -0.481 e. The molecule has 2 aromatic carbocycles. The van der Waals surface area contributed by atoms with Crippen LogP contribution in [0.1, 0.15) is 75.1 Å². The van der Waals surface area contributed by atoms with E-state index in [4.69, 9.17) is 4.74 Å². The molecule has 1 aliphatic heterocycles. The molecule has 2 aromatic rings. The zero-order chi connectivity index (χ0) is 25.7. The van der Waals surface area contributed by atoms with Crippen molar-refractivity contribution in [1.29, 1.82) is 0 Å². The fourth-order valence-electron chi connectivity index (χ4n) is 5.57. The van der Waals surface area contributed by atoms with Crippen LogP contribution in [0.15, 0.2) is 55.1 Å². The number of halogens is 1. The molecule has 0 radical (unpaired) electrons. The molecular weight excluding hydrogens is 455 g/mol. The first-order valence-electron chi connectivity index (χ1n) is 13.2. The van der Waals surface area contributed by atoms with Crippen LogP contribution in [0.4, 0.5) is 4.39 Å². The lowest BCUT2D eigenvalue weighted by Gasteiger charge is -2.38. The molecule has 0 N–H and O–H groups in total. The van der Waals surface area contributed by atoms with Crippen molar-refractivity contribution in [2.24, 2.45) is 0 Å². The summed E-state index contributed by atoms with van der Waals surface area (Å²) < 4.78 is 20.0. The summed E-state index contributed by atoms with van der Waals surface area (Å²) in [5.74, 6) is 0.354. The van der Waals surface area contributed by atoms with Gasteiger partial charge in [-0.2, -0.15) is 0 Å². The van der Waals surface area contributed by atoms with Gasteiger partial charge in [-0.1, -0.05) is 51.0 Å². The SMILES string of the molecule is C=CCN(C(=O)[C@@H](CC)Oc1ccc2c(c1)[C@@H](c1ccc(F)cc1)N(C(=O)CC)CC2)C1CCCC1.